The lowest BCUT2D eigenvalue weighted by molar-refractivity contribution is -0.115. The number of anilines is 2. The molecule has 0 atom stereocenters. The Labute approximate surface area is 107 Å². The summed E-state index contributed by atoms with van der Waals surface area (Å²) >= 11 is 2.66. The summed E-state index contributed by atoms with van der Waals surface area (Å²) < 4.78 is 0.792. The van der Waals surface area contributed by atoms with Crippen LogP contribution < -0.4 is 10.6 Å². The predicted octanol–water partition coefficient (Wildman–Crippen LogP) is 2.26. The molecule has 1 aromatic rings. The van der Waals surface area contributed by atoms with Crippen molar-refractivity contribution in [3.63, 3.8) is 0 Å². The van der Waals surface area contributed by atoms with E-state index < -0.39 is 0 Å². The van der Waals surface area contributed by atoms with E-state index in [9.17, 15) is 9.59 Å². The molecule has 0 bridgehead atoms. The molecule has 0 aliphatic heterocycles. The summed E-state index contributed by atoms with van der Waals surface area (Å²) in [5, 5.41) is 14.2. The highest BCUT2D eigenvalue weighted by atomic mass is 32.2. The van der Waals surface area contributed by atoms with Gasteiger partial charge in [-0.25, -0.2) is 0 Å². The lowest BCUT2D eigenvalue weighted by Gasteiger charge is -2.07. The van der Waals surface area contributed by atoms with Gasteiger partial charge in [0.15, 0.2) is 0 Å². The molecule has 0 unspecified atom stereocenters. The molecule has 1 aromatic heterocycles. The zero-order valence-electron chi connectivity index (χ0n) is 9.58. The molecule has 2 amide bonds. The van der Waals surface area contributed by atoms with Gasteiger partial charge in [0.1, 0.15) is 10.9 Å². The van der Waals surface area contributed by atoms with Gasteiger partial charge in [0.25, 0.3) is 0 Å². The van der Waals surface area contributed by atoms with Crippen molar-refractivity contribution in [3.05, 3.63) is 4.88 Å². The smallest absolute Gasteiger partial charge is 0.221 e. The summed E-state index contributed by atoms with van der Waals surface area (Å²) in [7, 11) is 0. The van der Waals surface area contributed by atoms with E-state index in [1.807, 2.05) is 12.3 Å². The second kappa shape index (κ2) is 5.70. The van der Waals surface area contributed by atoms with E-state index in [0.717, 1.165) is 4.21 Å². The Bertz CT molecular complexity index is 502. The maximum absolute atomic E-state index is 11.1. The summed E-state index contributed by atoms with van der Waals surface area (Å²) in [5.41, 5.74) is 0.881. The molecule has 17 heavy (non-hydrogen) atoms. The fourth-order valence-electron chi connectivity index (χ4n) is 1.22. The van der Waals surface area contributed by atoms with Gasteiger partial charge in [0.2, 0.25) is 11.8 Å². The number of rotatable bonds is 3. The Kier molecular flexibility index (Phi) is 4.54. The van der Waals surface area contributed by atoms with E-state index in [-0.39, 0.29) is 11.8 Å². The van der Waals surface area contributed by atoms with E-state index in [1.165, 1.54) is 36.9 Å². The van der Waals surface area contributed by atoms with Crippen LogP contribution >= 0.6 is 23.1 Å². The lowest BCUT2D eigenvalue weighted by Crippen LogP contribution is -2.11. The van der Waals surface area contributed by atoms with Crippen molar-refractivity contribution >= 4 is 46.3 Å². The van der Waals surface area contributed by atoms with Gasteiger partial charge in [-0.3, -0.25) is 9.59 Å². The number of carbonyl (C=O) groups is 2. The van der Waals surface area contributed by atoms with Gasteiger partial charge in [-0.2, -0.15) is 5.26 Å². The quantitative estimate of drug-likeness (QED) is 0.825. The molecule has 2 N–H and O–H groups in total. The summed E-state index contributed by atoms with van der Waals surface area (Å²) in [5.74, 6) is -0.521. The van der Waals surface area contributed by atoms with E-state index in [2.05, 4.69) is 10.6 Å². The molecule has 0 spiro atoms. The van der Waals surface area contributed by atoms with Crippen molar-refractivity contribution in [1.82, 2.24) is 0 Å². The Balaban J connectivity index is 3.29. The summed E-state index contributed by atoms with van der Waals surface area (Å²) in [4.78, 5) is 22.6. The molecule has 0 aliphatic carbocycles. The molecule has 1 rings (SSSR count). The molecule has 0 aromatic carbocycles. The van der Waals surface area contributed by atoms with Crippen molar-refractivity contribution < 1.29 is 9.59 Å². The molecule has 0 aliphatic rings. The number of nitrogens with zero attached hydrogens (tertiary/aromatic N) is 1. The minimum Gasteiger partial charge on any atom is -0.323 e. The van der Waals surface area contributed by atoms with Crippen LogP contribution in [-0.2, 0) is 9.59 Å². The van der Waals surface area contributed by atoms with Crippen molar-refractivity contribution in [2.75, 3.05) is 16.9 Å². The van der Waals surface area contributed by atoms with Gasteiger partial charge >= 0.3 is 0 Å². The van der Waals surface area contributed by atoms with Crippen molar-refractivity contribution in [2.45, 2.75) is 18.1 Å². The van der Waals surface area contributed by atoms with Gasteiger partial charge in [-0.05, 0) is 6.26 Å². The summed E-state index contributed by atoms with van der Waals surface area (Å²) in [6.07, 6.45) is 1.84. The highest BCUT2D eigenvalue weighted by Gasteiger charge is 2.19. The SMILES string of the molecule is CSc1sc(C#N)c(NC(C)=O)c1NC(C)=O. The normalized spacial score (nSPS) is 9.53. The fourth-order valence-corrected chi connectivity index (χ4v) is 2.90. The van der Waals surface area contributed by atoms with Crippen molar-refractivity contribution in [2.24, 2.45) is 0 Å². The van der Waals surface area contributed by atoms with E-state index >= 15 is 0 Å². The molecule has 0 saturated carbocycles. The molecule has 0 radical (unpaired) electrons. The van der Waals surface area contributed by atoms with Gasteiger partial charge in [0.05, 0.1) is 15.6 Å². The molecule has 7 heteroatoms. The van der Waals surface area contributed by atoms with Crippen LogP contribution in [0.3, 0.4) is 0 Å². The number of thiophene rings is 1. The first-order valence-corrected chi connectivity index (χ1v) is 6.69. The van der Waals surface area contributed by atoms with Crippen LogP contribution in [0, 0.1) is 11.3 Å². The highest BCUT2D eigenvalue weighted by Crippen LogP contribution is 2.42. The maximum atomic E-state index is 11.1. The first kappa shape index (κ1) is 13.5. The standard InChI is InChI=1S/C10H11N3O2S2/c1-5(14)12-8-7(4-11)17-10(16-3)9(8)13-6(2)15/h1-3H3,(H,12,14)(H,13,15). The number of thioether (sulfide) groups is 1. The third-order valence-electron chi connectivity index (χ3n) is 1.76. The molecule has 0 saturated heterocycles. The molecule has 90 valence electrons. The van der Waals surface area contributed by atoms with E-state index in [4.69, 9.17) is 5.26 Å². The van der Waals surface area contributed by atoms with Crippen LogP contribution in [0.15, 0.2) is 4.21 Å². The summed E-state index contributed by atoms with van der Waals surface area (Å²) in [6, 6.07) is 2.01. The monoisotopic (exact) mass is 269 g/mol. The summed E-state index contributed by atoms with van der Waals surface area (Å²) in [6.45, 7) is 2.74. The van der Waals surface area contributed by atoms with Gasteiger partial charge < -0.3 is 10.6 Å². The zero-order chi connectivity index (χ0) is 13.0. The van der Waals surface area contributed by atoms with E-state index in [0.29, 0.717) is 16.3 Å². The molecule has 0 fully saturated rings. The van der Waals surface area contributed by atoms with Crippen molar-refractivity contribution in [1.29, 1.82) is 5.26 Å². The number of nitriles is 1. The lowest BCUT2D eigenvalue weighted by atomic mass is 10.3. The average Bonchev–Trinajstić information content (AvgIpc) is 2.55. The Morgan fingerprint density at radius 1 is 1.24 bits per heavy atom. The second-order valence-electron chi connectivity index (χ2n) is 3.15. The first-order chi connectivity index (χ1) is 7.99. The number of hydrogen-bond acceptors (Lipinski definition) is 5. The van der Waals surface area contributed by atoms with Crippen molar-refractivity contribution in [3.8, 4) is 6.07 Å². The molecule has 5 nitrogen and oxygen atoms in total. The van der Waals surface area contributed by atoms with Crippen LogP contribution in [-0.4, -0.2) is 18.1 Å². The molecule has 1 heterocycles. The number of nitrogens with one attached hydrogen (secondary N) is 2. The zero-order valence-corrected chi connectivity index (χ0v) is 11.2. The third-order valence-corrected chi connectivity index (χ3v) is 3.98. The van der Waals surface area contributed by atoms with Gasteiger partial charge in [-0.1, -0.05) is 0 Å². The van der Waals surface area contributed by atoms with Crippen LogP contribution in [0.4, 0.5) is 11.4 Å². The average molecular weight is 269 g/mol. The third kappa shape index (κ3) is 3.22. The Morgan fingerprint density at radius 2 is 1.76 bits per heavy atom. The second-order valence-corrected chi connectivity index (χ2v) is 5.24. The molecular weight excluding hydrogens is 258 g/mol. The van der Waals surface area contributed by atoms with Crippen LogP contribution in [0.25, 0.3) is 0 Å². The minimum absolute atomic E-state index is 0.241. The largest absolute Gasteiger partial charge is 0.323 e. The number of amides is 2. The number of carbonyl (C=O) groups excluding carboxylic acids is 2. The van der Waals surface area contributed by atoms with Crippen LogP contribution in [0.2, 0.25) is 0 Å². The van der Waals surface area contributed by atoms with Gasteiger partial charge in [-0.15, -0.1) is 23.1 Å². The topological polar surface area (TPSA) is 82.0 Å². The first-order valence-electron chi connectivity index (χ1n) is 4.65. The minimum atomic E-state index is -0.279. The fraction of sp³-hybridized carbons (Fsp3) is 0.300. The van der Waals surface area contributed by atoms with Crippen LogP contribution in [0.5, 0.6) is 0 Å². The van der Waals surface area contributed by atoms with E-state index in [1.54, 1.807) is 0 Å². The molecular formula is C10H11N3O2S2. The maximum Gasteiger partial charge on any atom is 0.221 e. The van der Waals surface area contributed by atoms with Crippen LogP contribution in [0.1, 0.15) is 18.7 Å². The Hall–Kier alpha value is -1.52. The number of hydrogen-bond donors (Lipinski definition) is 2. The van der Waals surface area contributed by atoms with Gasteiger partial charge in [0, 0.05) is 13.8 Å². The predicted molar refractivity (Wildman–Crippen MR) is 69.4 cm³/mol. The highest BCUT2D eigenvalue weighted by molar-refractivity contribution is 8.00. The Morgan fingerprint density at radius 3 is 2.18 bits per heavy atom.